The number of hydrogen-bond donors (Lipinski definition) is 2. The van der Waals surface area contributed by atoms with Gasteiger partial charge in [-0.2, -0.15) is 4.98 Å². The molecule has 4 heteroatoms. The number of nitrogens with zero attached hydrogens (tertiary/aromatic N) is 2. The van der Waals surface area contributed by atoms with Gasteiger partial charge in [-0.15, -0.1) is 0 Å². The van der Waals surface area contributed by atoms with Crippen molar-refractivity contribution >= 4 is 17.5 Å². The van der Waals surface area contributed by atoms with Crippen molar-refractivity contribution in [2.45, 2.75) is 26.8 Å². The Morgan fingerprint density at radius 2 is 1.62 bits per heavy atom. The number of anilines is 3. The highest BCUT2D eigenvalue weighted by molar-refractivity contribution is 5.58. The Morgan fingerprint density at radius 3 is 2.33 bits per heavy atom. The molecule has 0 atom stereocenters. The molecule has 0 aliphatic heterocycles. The van der Waals surface area contributed by atoms with Gasteiger partial charge in [0.05, 0.1) is 0 Å². The molecule has 0 bridgehead atoms. The molecule has 1 aromatic heterocycles. The molecule has 24 heavy (non-hydrogen) atoms. The van der Waals surface area contributed by atoms with E-state index in [2.05, 4.69) is 63.9 Å². The molecule has 3 aromatic rings. The molecular weight excluding hydrogens is 296 g/mol. The van der Waals surface area contributed by atoms with Gasteiger partial charge < -0.3 is 10.6 Å². The fourth-order valence-electron chi connectivity index (χ4n) is 2.46. The SMILES string of the molecule is CCc1ccc(Nc2cc(C)nc(NCc3ccccc3)n2)cc1. The zero-order chi connectivity index (χ0) is 16.8. The third kappa shape index (κ3) is 4.32. The average molecular weight is 318 g/mol. The Bertz CT molecular complexity index is 782. The van der Waals surface area contributed by atoms with Gasteiger partial charge in [0.2, 0.25) is 5.95 Å². The molecule has 2 N–H and O–H groups in total. The first-order valence-electron chi connectivity index (χ1n) is 8.22. The van der Waals surface area contributed by atoms with E-state index in [0.29, 0.717) is 12.5 Å². The number of hydrogen-bond acceptors (Lipinski definition) is 4. The van der Waals surface area contributed by atoms with Crippen LogP contribution >= 0.6 is 0 Å². The fraction of sp³-hybridized carbons (Fsp3) is 0.200. The molecule has 122 valence electrons. The highest BCUT2D eigenvalue weighted by Gasteiger charge is 2.03. The molecule has 0 aliphatic rings. The monoisotopic (exact) mass is 318 g/mol. The van der Waals surface area contributed by atoms with Crippen LogP contribution in [-0.4, -0.2) is 9.97 Å². The van der Waals surface area contributed by atoms with E-state index in [1.165, 1.54) is 11.1 Å². The molecule has 0 fully saturated rings. The van der Waals surface area contributed by atoms with Crippen LogP contribution in [0.15, 0.2) is 60.7 Å². The zero-order valence-corrected chi connectivity index (χ0v) is 14.1. The van der Waals surface area contributed by atoms with Crippen LogP contribution in [0.25, 0.3) is 0 Å². The summed E-state index contributed by atoms with van der Waals surface area (Å²) in [4.78, 5) is 9.01. The van der Waals surface area contributed by atoms with Crippen molar-refractivity contribution in [1.29, 1.82) is 0 Å². The molecule has 4 nitrogen and oxygen atoms in total. The summed E-state index contributed by atoms with van der Waals surface area (Å²) >= 11 is 0. The van der Waals surface area contributed by atoms with Crippen molar-refractivity contribution < 1.29 is 0 Å². The van der Waals surface area contributed by atoms with E-state index < -0.39 is 0 Å². The van der Waals surface area contributed by atoms with E-state index in [9.17, 15) is 0 Å². The van der Waals surface area contributed by atoms with Gasteiger partial charge in [-0.05, 0) is 36.6 Å². The van der Waals surface area contributed by atoms with Crippen molar-refractivity contribution in [1.82, 2.24) is 9.97 Å². The van der Waals surface area contributed by atoms with E-state index >= 15 is 0 Å². The van der Waals surface area contributed by atoms with Gasteiger partial charge in [-0.1, -0.05) is 49.4 Å². The number of aromatic nitrogens is 2. The van der Waals surface area contributed by atoms with Gasteiger partial charge in [0.1, 0.15) is 5.82 Å². The number of rotatable bonds is 6. The lowest BCUT2D eigenvalue weighted by molar-refractivity contribution is 1.03. The lowest BCUT2D eigenvalue weighted by atomic mass is 10.1. The second-order valence-electron chi connectivity index (χ2n) is 5.73. The largest absolute Gasteiger partial charge is 0.350 e. The maximum atomic E-state index is 4.55. The second-order valence-corrected chi connectivity index (χ2v) is 5.73. The quantitative estimate of drug-likeness (QED) is 0.691. The smallest absolute Gasteiger partial charge is 0.225 e. The van der Waals surface area contributed by atoms with E-state index in [1.807, 2.05) is 31.2 Å². The van der Waals surface area contributed by atoms with Gasteiger partial charge in [0, 0.05) is 24.0 Å². The summed E-state index contributed by atoms with van der Waals surface area (Å²) in [5, 5.41) is 6.63. The molecule has 3 rings (SSSR count). The number of nitrogens with one attached hydrogen (secondary N) is 2. The first kappa shape index (κ1) is 16.0. The highest BCUT2D eigenvalue weighted by atomic mass is 15.1. The van der Waals surface area contributed by atoms with Crippen molar-refractivity contribution in [3.05, 3.63) is 77.5 Å². The molecule has 0 spiro atoms. The van der Waals surface area contributed by atoms with Gasteiger partial charge >= 0.3 is 0 Å². The highest BCUT2D eigenvalue weighted by Crippen LogP contribution is 2.18. The third-order valence-corrected chi connectivity index (χ3v) is 3.78. The van der Waals surface area contributed by atoms with Gasteiger partial charge in [-0.25, -0.2) is 4.98 Å². The molecule has 1 heterocycles. The van der Waals surface area contributed by atoms with Crippen molar-refractivity contribution in [3.8, 4) is 0 Å². The molecule has 2 aromatic carbocycles. The Kier molecular flexibility index (Phi) is 5.06. The predicted molar refractivity (Wildman–Crippen MR) is 99.6 cm³/mol. The molecule has 0 radical (unpaired) electrons. The summed E-state index contributed by atoms with van der Waals surface area (Å²) in [6, 6.07) is 20.6. The minimum atomic E-state index is 0.631. The normalized spacial score (nSPS) is 10.4. The molecule has 0 amide bonds. The second kappa shape index (κ2) is 7.59. The third-order valence-electron chi connectivity index (χ3n) is 3.78. The maximum absolute atomic E-state index is 4.55. The van der Waals surface area contributed by atoms with Crippen LogP contribution in [0.3, 0.4) is 0 Å². The minimum absolute atomic E-state index is 0.631. The summed E-state index contributed by atoms with van der Waals surface area (Å²) in [6.45, 7) is 4.83. The number of aryl methyl sites for hydroxylation is 2. The van der Waals surface area contributed by atoms with E-state index in [-0.39, 0.29) is 0 Å². The van der Waals surface area contributed by atoms with E-state index in [1.54, 1.807) is 0 Å². The maximum Gasteiger partial charge on any atom is 0.225 e. The Hall–Kier alpha value is -2.88. The minimum Gasteiger partial charge on any atom is -0.350 e. The summed E-state index contributed by atoms with van der Waals surface area (Å²) in [6.07, 6.45) is 1.04. The van der Waals surface area contributed by atoms with Gasteiger partial charge in [0.15, 0.2) is 0 Å². The Labute approximate surface area is 143 Å². The summed E-state index contributed by atoms with van der Waals surface area (Å²) in [7, 11) is 0. The van der Waals surface area contributed by atoms with Crippen molar-refractivity contribution in [2.24, 2.45) is 0 Å². The Morgan fingerprint density at radius 1 is 0.875 bits per heavy atom. The van der Waals surface area contributed by atoms with Crippen LogP contribution < -0.4 is 10.6 Å². The topological polar surface area (TPSA) is 49.8 Å². The standard InChI is InChI=1S/C20H22N4/c1-3-16-9-11-18(12-10-16)23-19-13-15(2)22-20(24-19)21-14-17-7-5-4-6-8-17/h4-13H,3,14H2,1-2H3,(H2,21,22,23,24). The van der Waals surface area contributed by atoms with Crippen molar-refractivity contribution in [3.63, 3.8) is 0 Å². The Balaban J connectivity index is 1.70. The average Bonchev–Trinajstić information content (AvgIpc) is 2.61. The summed E-state index contributed by atoms with van der Waals surface area (Å²) in [5.41, 5.74) is 4.48. The molecule has 0 saturated carbocycles. The lowest BCUT2D eigenvalue weighted by Crippen LogP contribution is -2.06. The fourth-order valence-corrected chi connectivity index (χ4v) is 2.46. The zero-order valence-electron chi connectivity index (χ0n) is 14.1. The first-order valence-corrected chi connectivity index (χ1v) is 8.22. The summed E-state index contributed by atoms with van der Waals surface area (Å²) in [5.74, 6) is 1.42. The molecule has 0 unspecified atom stereocenters. The predicted octanol–water partition coefficient (Wildman–Crippen LogP) is 4.70. The van der Waals surface area contributed by atoms with Crippen LogP contribution in [0.1, 0.15) is 23.7 Å². The van der Waals surface area contributed by atoms with E-state index in [0.717, 1.165) is 23.6 Å². The van der Waals surface area contributed by atoms with Crippen molar-refractivity contribution in [2.75, 3.05) is 10.6 Å². The van der Waals surface area contributed by atoms with Crippen LogP contribution in [0.5, 0.6) is 0 Å². The van der Waals surface area contributed by atoms with Gasteiger partial charge in [-0.3, -0.25) is 0 Å². The first-order chi connectivity index (χ1) is 11.7. The molecule has 0 aliphatic carbocycles. The molecule has 0 saturated heterocycles. The number of benzene rings is 2. The lowest BCUT2D eigenvalue weighted by Gasteiger charge is -2.10. The van der Waals surface area contributed by atoms with Crippen LogP contribution in [-0.2, 0) is 13.0 Å². The van der Waals surface area contributed by atoms with Crippen LogP contribution in [0.2, 0.25) is 0 Å². The van der Waals surface area contributed by atoms with Gasteiger partial charge in [0.25, 0.3) is 0 Å². The molecular formula is C20H22N4. The van der Waals surface area contributed by atoms with E-state index in [4.69, 9.17) is 0 Å². The summed E-state index contributed by atoms with van der Waals surface area (Å²) < 4.78 is 0. The van der Waals surface area contributed by atoms with Crippen LogP contribution in [0, 0.1) is 6.92 Å². The van der Waals surface area contributed by atoms with Crippen LogP contribution in [0.4, 0.5) is 17.5 Å².